The van der Waals surface area contributed by atoms with Gasteiger partial charge in [-0.15, -0.1) is 11.3 Å². The summed E-state index contributed by atoms with van der Waals surface area (Å²) in [6.45, 7) is 2.12. The van der Waals surface area contributed by atoms with E-state index in [0.29, 0.717) is 0 Å². The minimum atomic E-state index is 0.123. The molecule has 18 heavy (non-hydrogen) atoms. The lowest BCUT2D eigenvalue weighted by Crippen LogP contribution is -2.25. The van der Waals surface area contributed by atoms with Gasteiger partial charge < -0.3 is 5.73 Å². The Morgan fingerprint density at radius 2 is 2.22 bits per heavy atom. The van der Waals surface area contributed by atoms with E-state index in [-0.39, 0.29) is 11.3 Å². The van der Waals surface area contributed by atoms with Crippen molar-refractivity contribution in [2.24, 2.45) is 5.73 Å². The smallest absolute Gasteiger partial charge is 0.150 e. The monoisotopic (exact) mass is 342 g/mol. The number of hydrogen-bond donors (Lipinski definition) is 1. The number of rotatable bonds is 5. The van der Waals surface area contributed by atoms with Crippen molar-refractivity contribution in [3.8, 4) is 0 Å². The van der Waals surface area contributed by atoms with Gasteiger partial charge in [0.2, 0.25) is 0 Å². The van der Waals surface area contributed by atoms with E-state index in [1.165, 1.54) is 5.56 Å². The van der Waals surface area contributed by atoms with E-state index in [0.717, 1.165) is 15.2 Å². The lowest BCUT2D eigenvalue weighted by Gasteiger charge is -2.22. The van der Waals surface area contributed by atoms with Crippen LogP contribution in [0, 0.1) is 0 Å². The van der Waals surface area contributed by atoms with Crippen LogP contribution < -0.4 is 5.73 Å². The third-order valence-electron chi connectivity index (χ3n) is 2.71. The van der Waals surface area contributed by atoms with Crippen LogP contribution in [0.2, 0.25) is 0 Å². The predicted molar refractivity (Wildman–Crippen MR) is 83.1 cm³/mol. The number of halogens is 1. The Hall–Kier alpha value is -0.360. The van der Waals surface area contributed by atoms with E-state index in [4.69, 9.17) is 5.73 Å². The van der Waals surface area contributed by atoms with Gasteiger partial charge in [-0.25, -0.2) is 4.98 Å². The van der Waals surface area contributed by atoms with Crippen LogP contribution in [0.1, 0.15) is 24.2 Å². The van der Waals surface area contributed by atoms with Crippen molar-refractivity contribution in [2.45, 2.75) is 29.0 Å². The maximum absolute atomic E-state index is 6.27. The van der Waals surface area contributed by atoms with Gasteiger partial charge in [-0.2, -0.15) is 0 Å². The Balaban J connectivity index is 2.28. The van der Waals surface area contributed by atoms with E-state index in [1.807, 2.05) is 17.6 Å². The molecule has 1 aromatic carbocycles. The maximum atomic E-state index is 6.27. The topological polar surface area (TPSA) is 38.9 Å². The first-order valence-corrected chi connectivity index (χ1v) is 8.33. The Kier molecular flexibility index (Phi) is 5.24. The number of nitrogens with zero attached hydrogens (tertiary/aromatic N) is 1. The minimum Gasteiger partial charge on any atom is -0.326 e. The number of benzene rings is 1. The molecule has 0 spiro atoms. The van der Waals surface area contributed by atoms with Gasteiger partial charge in [-0.3, -0.25) is 0 Å². The SMILES string of the molecule is CCC(N)C(Sc1nccs1)c1ccccc1Br. The molecule has 0 aliphatic carbocycles. The fourth-order valence-corrected chi connectivity index (χ4v) is 4.46. The average molecular weight is 343 g/mol. The minimum absolute atomic E-state index is 0.123. The first-order chi connectivity index (χ1) is 8.72. The van der Waals surface area contributed by atoms with Gasteiger partial charge in [0.15, 0.2) is 0 Å². The van der Waals surface area contributed by atoms with Crippen molar-refractivity contribution in [1.29, 1.82) is 0 Å². The fraction of sp³-hybridized carbons (Fsp3) is 0.308. The summed E-state index contributed by atoms with van der Waals surface area (Å²) in [5.74, 6) is 0. The third kappa shape index (κ3) is 3.35. The van der Waals surface area contributed by atoms with Crippen molar-refractivity contribution < 1.29 is 0 Å². The summed E-state index contributed by atoms with van der Waals surface area (Å²) in [6, 6.07) is 8.39. The normalized spacial score (nSPS) is 14.4. The Morgan fingerprint density at radius 1 is 1.44 bits per heavy atom. The fourth-order valence-electron chi connectivity index (χ4n) is 1.68. The molecule has 1 heterocycles. The molecule has 96 valence electrons. The summed E-state index contributed by atoms with van der Waals surface area (Å²) < 4.78 is 2.18. The summed E-state index contributed by atoms with van der Waals surface area (Å²) in [6.07, 6.45) is 2.78. The Morgan fingerprint density at radius 3 is 2.83 bits per heavy atom. The molecular formula is C13H15BrN2S2. The second-order valence-electron chi connectivity index (χ2n) is 3.93. The van der Waals surface area contributed by atoms with Crippen LogP contribution in [0.5, 0.6) is 0 Å². The van der Waals surface area contributed by atoms with Crippen LogP contribution in [-0.2, 0) is 0 Å². The van der Waals surface area contributed by atoms with E-state index in [1.54, 1.807) is 23.1 Å². The largest absolute Gasteiger partial charge is 0.326 e. The van der Waals surface area contributed by atoms with Crippen LogP contribution in [0.15, 0.2) is 44.7 Å². The number of hydrogen-bond acceptors (Lipinski definition) is 4. The second kappa shape index (κ2) is 6.70. The lowest BCUT2D eigenvalue weighted by molar-refractivity contribution is 0.632. The average Bonchev–Trinajstić information content (AvgIpc) is 2.89. The number of nitrogens with two attached hydrogens (primary N) is 1. The Labute approximate surface area is 124 Å². The standard InChI is InChI=1S/C13H15BrN2S2/c1-2-11(15)12(18-13-16-7-8-17-13)9-5-3-4-6-10(9)14/h3-8,11-12H,2,15H2,1H3. The van der Waals surface area contributed by atoms with Crippen LogP contribution in [0.4, 0.5) is 0 Å². The first kappa shape index (κ1) is 14.1. The summed E-state index contributed by atoms with van der Waals surface area (Å²) in [7, 11) is 0. The zero-order valence-electron chi connectivity index (χ0n) is 10.0. The highest BCUT2D eigenvalue weighted by molar-refractivity contribution is 9.10. The highest BCUT2D eigenvalue weighted by atomic mass is 79.9. The van der Waals surface area contributed by atoms with E-state index in [2.05, 4.69) is 46.0 Å². The molecule has 0 saturated heterocycles. The summed E-state index contributed by atoms with van der Waals surface area (Å²) in [4.78, 5) is 4.34. The molecule has 0 aliphatic heterocycles. The van der Waals surface area contributed by atoms with Crippen LogP contribution >= 0.6 is 39.0 Å². The molecule has 0 amide bonds. The molecule has 0 aliphatic rings. The molecule has 2 rings (SSSR count). The van der Waals surface area contributed by atoms with E-state index >= 15 is 0 Å². The van der Waals surface area contributed by atoms with Gasteiger partial charge in [0.1, 0.15) is 4.34 Å². The Bertz CT molecular complexity index is 487. The lowest BCUT2D eigenvalue weighted by atomic mass is 10.0. The molecule has 0 fully saturated rings. The van der Waals surface area contributed by atoms with Crippen LogP contribution in [-0.4, -0.2) is 11.0 Å². The van der Waals surface area contributed by atoms with Gasteiger partial charge in [0.25, 0.3) is 0 Å². The molecule has 1 aromatic heterocycles. The molecule has 2 unspecified atom stereocenters. The van der Waals surface area contributed by atoms with Gasteiger partial charge >= 0.3 is 0 Å². The van der Waals surface area contributed by atoms with Crippen molar-refractivity contribution in [1.82, 2.24) is 4.98 Å². The molecule has 0 bridgehead atoms. The zero-order chi connectivity index (χ0) is 13.0. The summed E-state index contributed by atoms with van der Waals surface area (Å²) >= 11 is 7.02. The van der Waals surface area contributed by atoms with Crippen LogP contribution in [0.3, 0.4) is 0 Å². The second-order valence-corrected chi connectivity index (χ2v) is 7.07. The molecule has 2 aromatic rings. The van der Waals surface area contributed by atoms with E-state index < -0.39 is 0 Å². The maximum Gasteiger partial charge on any atom is 0.150 e. The molecular weight excluding hydrogens is 328 g/mol. The number of aromatic nitrogens is 1. The van der Waals surface area contributed by atoms with Crippen molar-refractivity contribution in [2.75, 3.05) is 0 Å². The third-order valence-corrected chi connectivity index (χ3v) is 5.74. The van der Waals surface area contributed by atoms with Crippen molar-refractivity contribution in [3.05, 3.63) is 45.9 Å². The van der Waals surface area contributed by atoms with Gasteiger partial charge in [-0.05, 0) is 18.1 Å². The van der Waals surface area contributed by atoms with E-state index in [9.17, 15) is 0 Å². The molecule has 5 heteroatoms. The summed E-state index contributed by atoms with van der Waals surface area (Å²) in [5, 5.41) is 2.23. The van der Waals surface area contributed by atoms with Crippen molar-refractivity contribution >= 4 is 39.0 Å². The highest BCUT2D eigenvalue weighted by Crippen LogP contribution is 2.41. The molecule has 0 radical (unpaired) electrons. The number of thioether (sulfide) groups is 1. The van der Waals surface area contributed by atoms with Crippen LogP contribution in [0.25, 0.3) is 0 Å². The number of thiazole rings is 1. The summed E-state index contributed by atoms with van der Waals surface area (Å²) in [5.41, 5.74) is 7.51. The highest BCUT2D eigenvalue weighted by Gasteiger charge is 2.22. The zero-order valence-corrected chi connectivity index (χ0v) is 13.3. The molecule has 0 saturated carbocycles. The van der Waals surface area contributed by atoms with Crippen molar-refractivity contribution in [3.63, 3.8) is 0 Å². The molecule has 2 nitrogen and oxygen atoms in total. The first-order valence-electron chi connectivity index (χ1n) is 5.78. The molecule has 2 atom stereocenters. The predicted octanol–water partition coefficient (Wildman–Crippen LogP) is 4.48. The molecule has 2 N–H and O–H groups in total. The van der Waals surface area contributed by atoms with Gasteiger partial charge in [0.05, 0.1) is 5.25 Å². The quantitative estimate of drug-likeness (QED) is 0.814. The van der Waals surface area contributed by atoms with Gasteiger partial charge in [-0.1, -0.05) is 52.8 Å². The van der Waals surface area contributed by atoms with Gasteiger partial charge in [0, 0.05) is 22.1 Å².